The van der Waals surface area contributed by atoms with Crippen LogP contribution in [0.25, 0.3) is 0 Å². The van der Waals surface area contributed by atoms with Crippen LogP contribution in [0.5, 0.6) is 0 Å². The van der Waals surface area contributed by atoms with E-state index in [4.69, 9.17) is 11.6 Å². The topological polar surface area (TPSA) is 0 Å². The van der Waals surface area contributed by atoms with Crippen molar-refractivity contribution in [2.45, 2.75) is 50.7 Å². The van der Waals surface area contributed by atoms with Gasteiger partial charge in [0.25, 0.3) is 0 Å². The predicted molar refractivity (Wildman–Crippen MR) is 52.9 cm³/mol. The zero-order chi connectivity index (χ0) is 7.98. The van der Waals surface area contributed by atoms with E-state index in [1.54, 1.807) is 0 Å². The first-order chi connectivity index (χ1) is 4.63. The first-order valence-electron chi connectivity index (χ1n) is 4.27. The lowest BCUT2D eigenvalue weighted by Gasteiger charge is -2.03. The summed E-state index contributed by atoms with van der Waals surface area (Å²) >= 11 is 5.80. The Hall–Kier alpha value is 0.507. The lowest BCUT2D eigenvalue weighted by atomic mass is 10.2. The normalized spacial score (nSPS) is 14.1. The minimum atomic E-state index is -0.277. The van der Waals surface area contributed by atoms with Gasteiger partial charge in [0.05, 0.1) is 0 Å². The van der Waals surface area contributed by atoms with Crippen molar-refractivity contribution in [1.82, 2.24) is 0 Å². The Labute approximate surface area is 71.6 Å². The summed E-state index contributed by atoms with van der Waals surface area (Å²) in [4.78, 5) is 0. The number of hydrogen-bond acceptors (Lipinski definition) is 0. The Bertz CT molecular complexity index is 61.7. The smallest absolute Gasteiger partial charge is 0.0307 e. The lowest BCUT2D eigenvalue weighted by Crippen LogP contribution is -1.99. The average molecular weight is 179 g/mol. The van der Waals surface area contributed by atoms with Gasteiger partial charge >= 0.3 is 0 Å². The molecule has 0 heterocycles. The van der Waals surface area contributed by atoms with Crippen LogP contribution in [0.2, 0.25) is 19.1 Å². The molecule has 1 unspecified atom stereocenters. The zero-order valence-electron chi connectivity index (χ0n) is 7.36. The van der Waals surface area contributed by atoms with Crippen molar-refractivity contribution >= 4 is 20.4 Å². The average Bonchev–Trinajstić information content (AvgIpc) is 1.79. The fourth-order valence-electron chi connectivity index (χ4n) is 0.978. The Kier molecular flexibility index (Phi) is 6.55. The third kappa shape index (κ3) is 8.51. The molecule has 0 aromatic heterocycles. The highest BCUT2D eigenvalue weighted by Crippen LogP contribution is 2.09. The largest absolute Gasteiger partial charge is 0.123 e. The molecule has 0 aliphatic rings. The van der Waals surface area contributed by atoms with Gasteiger partial charge in [0.15, 0.2) is 0 Å². The standard InChI is InChI=1S/C8H19ClSi/c1-8(9)6-4-5-7-10(2)3/h8,10H,4-7H2,1-3H3. The van der Waals surface area contributed by atoms with Gasteiger partial charge < -0.3 is 0 Å². The van der Waals surface area contributed by atoms with Crippen LogP contribution in [-0.4, -0.2) is 14.2 Å². The van der Waals surface area contributed by atoms with Crippen molar-refractivity contribution in [3.63, 3.8) is 0 Å². The Morgan fingerprint density at radius 2 is 1.90 bits per heavy atom. The van der Waals surface area contributed by atoms with Crippen molar-refractivity contribution in [3.8, 4) is 0 Å². The molecule has 2 heteroatoms. The monoisotopic (exact) mass is 178 g/mol. The van der Waals surface area contributed by atoms with Gasteiger partial charge in [-0.25, -0.2) is 0 Å². The second kappa shape index (κ2) is 6.23. The van der Waals surface area contributed by atoms with Crippen LogP contribution in [0.3, 0.4) is 0 Å². The lowest BCUT2D eigenvalue weighted by molar-refractivity contribution is 0.704. The van der Waals surface area contributed by atoms with E-state index in [0.29, 0.717) is 5.38 Å². The maximum absolute atomic E-state index is 5.80. The van der Waals surface area contributed by atoms with Crippen molar-refractivity contribution < 1.29 is 0 Å². The summed E-state index contributed by atoms with van der Waals surface area (Å²) in [5.41, 5.74) is 0. The Balaban J connectivity index is 2.91. The number of unbranched alkanes of at least 4 members (excludes halogenated alkanes) is 1. The SMILES string of the molecule is CC(Cl)CCCC[SiH](C)C. The van der Waals surface area contributed by atoms with Crippen LogP contribution in [0.15, 0.2) is 0 Å². The molecule has 0 amide bonds. The molecule has 0 nitrogen and oxygen atoms in total. The zero-order valence-corrected chi connectivity index (χ0v) is 9.27. The first-order valence-corrected chi connectivity index (χ1v) is 7.83. The summed E-state index contributed by atoms with van der Waals surface area (Å²) in [7, 11) is -0.277. The molecule has 0 rings (SSSR count). The van der Waals surface area contributed by atoms with Crippen LogP contribution >= 0.6 is 11.6 Å². The van der Waals surface area contributed by atoms with Gasteiger partial charge in [0, 0.05) is 14.2 Å². The molecule has 0 aromatic carbocycles. The van der Waals surface area contributed by atoms with Gasteiger partial charge in [0.2, 0.25) is 0 Å². The predicted octanol–water partition coefficient (Wildman–Crippen LogP) is 3.27. The molecule has 0 bridgehead atoms. The van der Waals surface area contributed by atoms with E-state index in [9.17, 15) is 0 Å². The highest BCUT2D eigenvalue weighted by Gasteiger charge is 1.98. The molecule has 0 aromatic rings. The van der Waals surface area contributed by atoms with Gasteiger partial charge in [-0.3, -0.25) is 0 Å². The van der Waals surface area contributed by atoms with Crippen molar-refractivity contribution in [2.75, 3.05) is 0 Å². The number of alkyl halides is 1. The molecular weight excluding hydrogens is 160 g/mol. The molecule has 0 fully saturated rings. The second-order valence-corrected chi connectivity index (χ2v) is 7.57. The van der Waals surface area contributed by atoms with Crippen LogP contribution in [-0.2, 0) is 0 Å². The van der Waals surface area contributed by atoms with E-state index in [2.05, 4.69) is 20.0 Å². The molecule has 0 radical (unpaired) electrons. The molecule has 0 N–H and O–H groups in total. The van der Waals surface area contributed by atoms with Gasteiger partial charge in [-0.05, 0) is 13.3 Å². The molecule has 10 heavy (non-hydrogen) atoms. The number of hydrogen-bond donors (Lipinski definition) is 0. The first kappa shape index (κ1) is 10.5. The quantitative estimate of drug-likeness (QED) is 0.345. The Morgan fingerprint density at radius 3 is 2.30 bits per heavy atom. The van der Waals surface area contributed by atoms with Crippen LogP contribution in [0, 0.1) is 0 Å². The van der Waals surface area contributed by atoms with Crippen LogP contribution in [0.4, 0.5) is 0 Å². The molecule has 0 spiro atoms. The molecule has 1 atom stereocenters. The van der Waals surface area contributed by atoms with Crippen LogP contribution < -0.4 is 0 Å². The molecule has 62 valence electrons. The summed E-state index contributed by atoms with van der Waals surface area (Å²) in [5, 5.41) is 0.383. The van der Waals surface area contributed by atoms with Crippen molar-refractivity contribution in [3.05, 3.63) is 0 Å². The van der Waals surface area contributed by atoms with Gasteiger partial charge in [-0.2, -0.15) is 0 Å². The highest BCUT2D eigenvalue weighted by molar-refractivity contribution is 6.55. The highest BCUT2D eigenvalue weighted by atomic mass is 35.5. The van der Waals surface area contributed by atoms with Gasteiger partial charge in [0.1, 0.15) is 0 Å². The summed E-state index contributed by atoms with van der Waals surface area (Å²) in [6, 6.07) is 1.49. The van der Waals surface area contributed by atoms with E-state index in [1.807, 2.05) is 0 Å². The minimum absolute atomic E-state index is 0.277. The summed E-state index contributed by atoms with van der Waals surface area (Å²) < 4.78 is 0. The third-order valence-corrected chi connectivity index (χ3v) is 3.41. The van der Waals surface area contributed by atoms with E-state index >= 15 is 0 Å². The maximum atomic E-state index is 5.80. The third-order valence-electron chi connectivity index (χ3n) is 1.63. The van der Waals surface area contributed by atoms with E-state index < -0.39 is 0 Å². The van der Waals surface area contributed by atoms with E-state index in [-0.39, 0.29) is 8.80 Å². The summed E-state index contributed by atoms with van der Waals surface area (Å²) in [6.07, 6.45) is 3.93. The van der Waals surface area contributed by atoms with Crippen LogP contribution in [0.1, 0.15) is 26.2 Å². The fraction of sp³-hybridized carbons (Fsp3) is 1.00. The van der Waals surface area contributed by atoms with Gasteiger partial charge in [-0.1, -0.05) is 32.0 Å². The van der Waals surface area contributed by atoms with Crippen molar-refractivity contribution in [2.24, 2.45) is 0 Å². The summed E-state index contributed by atoms with van der Waals surface area (Å²) in [6.45, 7) is 6.89. The minimum Gasteiger partial charge on any atom is -0.123 e. The Morgan fingerprint density at radius 1 is 1.30 bits per heavy atom. The number of rotatable bonds is 5. The molecule has 0 saturated carbocycles. The molecule has 0 aliphatic carbocycles. The fourth-order valence-corrected chi connectivity index (χ4v) is 2.24. The molecular formula is C8H19ClSi. The number of halogens is 1. The second-order valence-electron chi connectivity index (χ2n) is 3.46. The summed E-state index contributed by atoms with van der Waals surface area (Å²) in [5.74, 6) is 0. The van der Waals surface area contributed by atoms with Gasteiger partial charge in [-0.15, -0.1) is 11.6 Å². The van der Waals surface area contributed by atoms with E-state index in [0.717, 1.165) is 0 Å². The maximum Gasteiger partial charge on any atom is 0.0307 e. The van der Waals surface area contributed by atoms with E-state index in [1.165, 1.54) is 25.3 Å². The molecule has 0 aliphatic heterocycles. The van der Waals surface area contributed by atoms with Crippen molar-refractivity contribution in [1.29, 1.82) is 0 Å². The molecule has 0 saturated heterocycles.